The second kappa shape index (κ2) is 7.56. The fraction of sp³-hybridized carbons (Fsp3) is 0.615. The van der Waals surface area contributed by atoms with Gasteiger partial charge in [-0.3, -0.25) is 4.79 Å². The maximum Gasteiger partial charge on any atom is 0.305 e. The van der Waals surface area contributed by atoms with Crippen LogP contribution in [0.1, 0.15) is 33.6 Å². The maximum atomic E-state index is 10.7. The molecule has 0 bridgehead atoms. The number of carboxylic acids is 1. The lowest BCUT2D eigenvalue weighted by molar-refractivity contribution is -0.136. The Morgan fingerprint density at radius 1 is 1.47 bits per heavy atom. The van der Waals surface area contributed by atoms with Crippen LogP contribution in [0.3, 0.4) is 0 Å². The van der Waals surface area contributed by atoms with Gasteiger partial charge in [-0.25, -0.2) is 9.97 Å². The SMILES string of the molecule is CCCOc1cc(N(CCC(=O)O)C(C)C)ncn1. The van der Waals surface area contributed by atoms with Gasteiger partial charge in [0.25, 0.3) is 0 Å². The van der Waals surface area contributed by atoms with Crippen molar-refractivity contribution in [3.63, 3.8) is 0 Å². The Balaban J connectivity index is 2.80. The molecule has 6 heteroatoms. The highest BCUT2D eigenvalue weighted by molar-refractivity contribution is 5.67. The van der Waals surface area contributed by atoms with Gasteiger partial charge in [0.2, 0.25) is 5.88 Å². The largest absolute Gasteiger partial charge is 0.481 e. The standard InChI is InChI=1S/C13H21N3O3/c1-4-7-19-12-8-11(14-9-15-12)16(10(2)3)6-5-13(17)18/h8-10H,4-7H2,1-3H3,(H,17,18). The summed E-state index contributed by atoms with van der Waals surface area (Å²) in [5.74, 6) is 0.396. The third-order valence-corrected chi connectivity index (χ3v) is 2.57. The molecule has 0 fully saturated rings. The Kier molecular flexibility index (Phi) is 6.05. The zero-order valence-corrected chi connectivity index (χ0v) is 11.7. The van der Waals surface area contributed by atoms with E-state index in [1.54, 1.807) is 6.07 Å². The van der Waals surface area contributed by atoms with Gasteiger partial charge in [0.05, 0.1) is 13.0 Å². The predicted molar refractivity (Wildman–Crippen MR) is 72.6 cm³/mol. The second-order valence-electron chi connectivity index (χ2n) is 4.49. The van der Waals surface area contributed by atoms with E-state index in [0.29, 0.717) is 24.8 Å². The van der Waals surface area contributed by atoms with Gasteiger partial charge in [-0.15, -0.1) is 0 Å². The van der Waals surface area contributed by atoms with Crippen molar-refractivity contribution in [1.29, 1.82) is 0 Å². The minimum Gasteiger partial charge on any atom is -0.481 e. The Labute approximate surface area is 113 Å². The van der Waals surface area contributed by atoms with Crippen molar-refractivity contribution in [2.24, 2.45) is 0 Å². The van der Waals surface area contributed by atoms with Gasteiger partial charge in [-0.1, -0.05) is 6.92 Å². The van der Waals surface area contributed by atoms with Crippen LogP contribution in [0.2, 0.25) is 0 Å². The van der Waals surface area contributed by atoms with Crippen LogP contribution in [0, 0.1) is 0 Å². The first kappa shape index (κ1) is 15.2. The number of aromatic nitrogens is 2. The first-order valence-corrected chi connectivity index (χ1v) is 6.47. The summed E-state index contributed by atoms with van der Waals surface area (Å²) in [6, 6.07) is 1.91. The first-order chi connectivity index (χ1) is 9.04. The van der Waals surface area contributed by atoms with E-state index in [4.69, 9.17) is 9.84 Å². The number of carboxylic acid groups (broad SMARTS) is 1. The molecule has 0 unspecified atom stereocenters. The van der Waals surface area contributed by atoms with Crippen molar-refractivity contribution in [2.45, 2.75) is 39.7 Å². The lowest BCUT2D eigenvalue weighted by atomic mass is 10.3. The highest BCUT2D eigenvalue weighted by atomic mass is 16.5. The second-order valence-corrected chi connectivity index (χ2v) is 4.49. The molecule has 0 radical (unpaired) electrons. The van der Waals surface area contributed by atoms with Crippen LogP contribution in [0.25, 0.3) is 0 Å². The highest BCUT2D eigenvalue weighted by Gasteiger charge is 2.14. The van der Waals surface area contributed by atoms with Crippen LogP contribution in [0.4, 0.5) is 5.82 Å². The predicted octanol–water partition coefficient (Wildman–Crippen LogP) is 1.95. The van der Waals surface area contributed by atoms with Gasteiger partial charge < -0.3 is 14.7 Å². The summed E-state index contributed by atoms with van der Waals surface area (Å²) in [5, 5.41) is 8.78. The molecule has 1 rings (SSSR count). The zero-order valence-electron chi connectivity index (χ0n) is 11.7. The van der Waals surface area contributed by atoms with E-state index in [2.05, 4.69) is 9.97 Å². The Hall–Kier alpha value is -1.85. The van der Waals surface area contributed by atoms with Crippen molar-refractivity contribution in [3.05, 3.63) is 12.4 Å². The van der Waals surface area contributed by atoms with E-state index in [1.807, 2.05) is 25.7 Å². The third-order valence-electron chi connectivity index (χ3n) is 2.57. The molecule has 0 aliphatic heterocycles. The molecule has 6 nitrogen and oxygen atoms in total. The monoisotopic (exact) mass is 267 g/mol. The van der Waals surface area contributed by atoms with Crippen LogP contribution in [0.5, 0.6) is 5.88 Å². The highest BCUT2D eigenvalue weighted by Crippen LogP contribution is 2.18. The van der Waals surface area contributed by atoms with Crippen LogP contribution >= 0.6 is 0 Å². The number of anilines is 1. The van der Waals surface area contributed by atoms with Crippen LogP contribution in [-0.4, -0.2) is 40.2 Å². The molecule has 1 aromatic heterocycles. The van der Waals surface area contributed by atoms with Gasteiger partial charge in [-0.05, 0) is 20.3 Å². The maximum absolute atomic E-state index is 10.7. The van der Waals surface area contributed by atoms with Gasteiger partial charge in [0, 0.05) is 18.7 Å². The molecular weight excluding hydrogens is 246 g/mol. The first-order valence-electron chi connectivity index (χ1n) is 6.47. The molecule has 0 saturated heterocycles. The van der Waals surface area contributed by atoms with Gasteiger partial charge in [0.15, 0.2) is 0 Å². The van der Waals surface area contributed by atoms with E-state index in [1.165, 1.54) is 6.33 Å². The van der Waals surface area contributed by atoms with E-state index in [0.717, 1.165) is 6.42 Å². The minimum absolute atomic E-state index is 0.0767. The summed E-state index contributed by atoms with van der Waals surface area (Å²) in [6.07, 6.45) is 2.43. The average Bonchev–Trinajstić information content (AvgIpc) is 2.36. The van der Waals surface area contributed by atoms with Crippen molar-refractivity contribution in [2.75, 3.05) is 18.1 Å². The number of carbonyl (C=O) groups is 1. The Bertz CT molecular complexity index is 410. The topological polar surface area (TPSA) is 75.5 Å². The van der Waals surface area contributed by atoms with E-state index < -0.39 is 5.97 Å². The molecule has 1 heterocycles. The number of aliphatic carboxylic acids is 1. The molecule has 0 amide bonds. The quantitative estimate of drug-likeness (QED) is 0.776. The Morgan fingerprint density at radius 3 is 2.79 bits per heavy atom. The third kappa shape index (κ3) is 5.11. The molecule has 0 aliphatic carbocycles. The number of ether oxygens (including phenoxy) is 1. The van der Waals surface area contributed by atoms with E-state index >= 15 is 0 Å². The molecular formula is C13H21N3O3. The average molecular weight is 267 g/mol. The molecule has 19 heavy (non-hydrogen) atoms. The molecule has 1 aromatic rings. The van der Waals surface area contributed by atoms with Crippen LogP contribution in [0.15, 0.2) is 12.4 Å². The van der Waals surface area contributed by atoms with E-state index in [9.17, 15) is 4.79 Å². The van der Waals surface area contributed by atoms with Gasteiger partial charge >= 0.3 is 5.97 Å². The molecule has 0 atom stereocenters. The smallest absolute Gasteiger partial charge is 0.305 e. The summed E-state index contributed by atoms with van der Waals surface area (Å²) >= 11 is 0. The van der Waals surface area contributed by atoms with Crippen LogP contribution in [-0.2, 0) is 4.79 Å². The summed E-state index contributed by atoms with van der Waals surface area (Å²) in [7, 11) is 0. The lowest BCUT2D eigenvalue weighted by Gasteiger charge is -2.27. The van der Waals surface area contributed by atoms with Crippen LogP contribution < -0.4 is 9.64 Å². The number of hydrogen-bond donors (Lipinski definition) is 1. The summed E-state index contributed by atoms with van der Waals surface area (Å²) in [5.41, 5.74) is 0. The lowest BCUT2D eigenvalue weighted by Crippen LogP contribution is -2.33. The van der Waals surface area contributed by atoms with Gasteiger partial charge in [-0.2, -0.15) is 0 Å². The number of hydrogen-bond acceptors (Lipinski definition) is 5. The summed E-state index contributed by atoms with van der Waals surface area (Å²) in [6.45, 7) is 7.03. The van der Waals surface area contributed by atoms with Crippen molar-refractivity contribution in [3.8, 4) is 5.88 Å². The molecule has 0 aliphatic rings. The van der Waals surface area contributed by atoms with E-state index in [-0.39, 0.29) is 12.5 Å². The summed E-state index contributed by atoms with van der Waals surface area (Å²) in [4.78, 5) is 20.8. The molecule has 0 saturated carbocycles. The van der Waals surface area contributed by atoms with Crippen molar-refractivity contribution < 1.29 is 14.6 Å². The normalized spacial score (nSPS) is 10.5. The fourth-order valence-corrected chi connectivity index (χ4v) is 1.63. The Morgan fingerprint density at radius 2 is 2.21 bits per heavy atom. The van der Waals surface area contributed by atoms with Crippen molar-refractivity contribution in [1.82, 2.24) is 9.97 Å². The summed E-state index contributed by atoms with van der Waals surface area (Å²) < 4.78 is 5.46. The molecule has 0 aromatic carbocycles. The number of rotatable bonds is 8. The fourth-order valence-electron chi connectivity index (χ4n) is 1.63. The van der Waals surface area contributed by atoms with Crippen molar-refractivity contribution >= 4 is 11.8 Å². The van der Waals surface area contributed by atoms with Gasteiger partial charge in [0.1, 0.15) is 12.1 Å². The zero-order chi connectivity index (χ0) is 14.3. The molecule has 106 valence electrons. The molecule has 1 N–H and O–H groups in total. The number of nitrogens with zero attached hydrogens (tertiary/aromatic N) is 3. The molecule has 0 spiro atoms. The minimum atomic E-state index is -0.817.